The SMILES string of the molecule is Cc1ccc2c(oc3cc(F)cc(F)c32)c1-c1n(-c2ccccc2-c2ccccc2)c2ccccc2[n+]1C. The van der Waals surface area contributed by atoms with Gasteiger partial charge in [-0.05, 0) is 36.2 Å². The van der Waals surface area contributed by atoms with Crippen LogP contribution in [0.5, 0.6) is 0 Å². The lowest BCUT2D eigenvalue weighted by molar-refractivity contribution is -0.633. The molecule has 184 valence electrons. The third-order valence-electron chi connectivity index (χ3n) is 7.33. The van der Waals surface area contributed by atoms with Crippen LogP contribution in [-0.2, 0) is 7.05 Å². The first-order chi connectivity index (χ1) is 18.5. The maximum Gasteiger partial charge on any atom is 0.299 e. The molecule has 7 rings (SSSR count). The fourth-order valence-corrected chi connectivity index (χ4v) is 5.63. The third-order valence-corrected chi connectivity index (χ3v) is 7.33. The predicted molar refractivity (Wildman–Crippen MR) is 147 cm³/mol. The second-order valence-corrected chi connectivity index (χ2v) is 9.59. The van der Waals surface area contributed by atoms with Crippen molar-refractivity contribution in [3.05, 3.63) is 120 Å². The smallest absolute Gasteiger partial charge is 0.299 e. The highest BCUT2D eigenvalue weighted by Gasteiger charge is 2.31. The molecule has 0 unspecified atom stereocenters. The second-order valence-electron chi connectivity index (χ2n) is 9.59. The van der Waals surface area contributed by atoms with Crippen LogP contribution in [0.2, 0.25) is 0 Å². The number of imidazole rings is 1. The molecular weight excluding hydrogens is 478 g/mol. The summed E-state index contributed by atoms with van der Waals surface area (Å²) in [7, 11) is 2.03. The molecule has 2 heterocycles. The maximum absolute atomic E-state index is 15.0. The van der Waals surface area contributed by atoms with Gasteiger partial charge in [-0.2, -0.15) is 4.57 Å². The number of fused-ring (bicyclic) bond motifs is 4. The van der Waals surface area contributed by atoms with E-state index in [1.165, 1.54) is 6.07 Å². The number of para-hydroxylation sites is 3. The van der Waals surface area contributed by atoms with Crippen molar-refractivity contribution >= 4 is 33.0 Å². The minimum atomic E-state index is -0.663. The van der Waals surface area contributed by atoms with Crippen LogP contribution in [0.3, 0.4) is 0 Å². The zero-order chi connectivity index (χ0) is 26.0. The lowest BCUT2D eigenvalue weighted by Gasteiger charge is -2.11. The molecule has 0 aliphatic rings. The van der Waals surface area contributed by atoms with Crippen LogP contribution in [0, 0.1) is 18.6 Å². The Labute approximate surface area is 217 Å². The summed E-state index contributed by atoms with van der Waals surface area (Å²) in [4.78, 5) is 0. The molecule has 0 fully saturated rings. The van der Waals surface area contributed by atoms with Gasteiger partial charge in [0.2, 0.25) is 0 Å². The number of nitrogens with zero attached hydrogens (tertiary/aromatic N) is 2. The van der Waals surface area contributed by atoms with Crippen LogP contribution < -0.4 is 4.57 Å². The van der Waals surface area contributed by atoms with E-state index >= 15 is 0 Å². The van der Waals surface area contributed by atoms with Gasteiger partial charge in [-0.25, -0.2) is 13.3 Å². The first kappa shape index (κ1) is 22.4. The molecule has 0 atom stereocenters. The van der Waals surface area contributed by atoms with E-state index in [9.17, 15) is 8.78 Å². The van der Waals surface area contributed by atoms with Crippen molar-refractivity contribution in [2.45, 2.75) is 6.92 Å². The van der Waals surface area contributed by atoms with Crippen molar-refractivity contribution in [3.63, 3.8) is 0 Å². The number of aromatic nitrogens is 2. The van der Waals surface area contributed by atoms with Gasteiger partial charge in [-0.1, -0.05) is 72.8 Å². The van der Waals surface area contributed by atoms with Crippen molar-refractivity contribution in [2.75, 3.05) is 0 Å². The zero-order valence-corrected chi connectivity index (χ0v) is 20.9. The van der Waals surface area contributed by atoms with Crippen molar-refractivity contribution < 1.29 is 17.8 Å². The van der Waals surface area contributed by atoms with E-state index in [2.05, 4.69) is 45.5 Å². The standard InChI is InChI=1S/C33H23F2N2O/c1-20-16-17-24-31-25(35)18-22(34)19-29(31)38-32(24)30(20)33-36(2)27-14-8-9-15-28(27)37(33)26-13-7-6-12-23(26)21-10-4-3-5-11-21/h3-19H,1-2H3/q+1. The summed E-state index contributed by atoms with van der Waals surface area (Å²) in [5.41, 5.74) is 7.78. The highest BCUT2D eigenvalue weighted by molar-refractivity contribution is 6.10. The van der Waals surface area contributed by atoms with E-state index in [1.807, 2.05) is 68.6 Å². The summed E-state index contributed by atoms with van der Waals surface area (Å²) in [6, 6.07) is 32.8. The topological polar surface area (TPSA) is 21.9 Å². The Morgan fingerprint density at radius 2 is 1.53 bits per heavy atom. The number of hydrogen-bond acceptors (Lipinski definition) is 1. The van der Waals surface area contributed by atoms with Crippen LogP contribution in [0.1, 0.15) is 5.56 Å². The molecule has 5 aromatic carbocycles. The molecule has 5 heteroatoms. The van der Waals surface area contributed by atoms with Crippen molar-refractivity contribution in [1.82, 2.24) is 4.57 Å². The third kappa shape index (κ3) is 3.21. The zero-order valence-electron chi connectivity index (χ0n) is 20.9. The molecule has 0 saturated carbocycles. The molecule has 2 aromatic heterocycles. The van der Waals surface area contributed by atoms with E-state index in [4.69, 9.17) is 4.42 Å². The average molecular weight is 502 g/mol. The van der Waals surface area contributed by atoms with Gasteiger partial charge in [-0.15, -0.1) is 0 Å². The summed E-state index contributed by atoms with van der Waals surface area (Å²) < 4.78 is 39.7. The van der Waals surface area contributed by atoms with Crippen LogP contribution in [0.25, 0.3) is 61.2 Å². The van der Waals surface area contributed by atoms with E-state index in [0.29, 0.717) is 11.0 Å². The molecule has 0 bridgehead atoms. The lowest BCUT2D eigenvalue weighted by atomic mass is 10.0. The van der Waals surface area contributed by atoms with Crippen LogP contribution in [0.4, 0.5) is 8.78 Å². The Kier molecular flexibility index (Phi) is 4.95. The van der Waals surface area contributed by atoms with E-state index in [-0.39, 0.29) is 11.0 Å². The van der Waals surface area contributed by atoms with Crippen molar-refractivity contribution in [2.24, 2.45) is 7.05 Å². The summed E-state index contributed by atoms with van der Waals surface area (Å²) in [6.45, 7) is 2.02. The summed E-state index contributed by atoms with van der Waals surface area (Å²) in [6.07, 6.45) is 0. The summed E-state index contributed by atoms with van der Waals surface area (Å²) >= 11 is 0. The van der Waals surface area contributed by atoms with E-state index in [0.717, 1.165) is 50.9 Å². The highest BCUT2D eigenvalue weighted by Crippen LogP contribution is 2.41. The molecule has 0 spiro atoms. The molecular formula is C33H23F2N2O+. The fraction of sp³-hybridized carbons (Fsp3) is 0.0606. The molecule has 38 heavy (non-hydrogen) atoms. The monoisotopic (exact) mass is 501 g/mol. The van der Waals surface area contributed by atoms with Crippen LogP contribution in [0.15, 0.2) is 108 Å². The Bertz CT molecular complexity index is 2020. The molecule has 0 aliphatic carbocycles. The van der Waals surface area contributed by atoms with Crippen LogP contribution in [-0.4, -0.2) is 4.57 Å². The van der Waals surface area contributed by atoms with Gasteiger partial charge in [-0.3, -0.25) is 0 Å². The summed E-state index contributed by atoms with van der Waals surface area (Å²) in [5.74, 6) is -0.408. The molecule has 0 amide bonds. The van der Waals surface area contributed by atoms with Crippen molar-refractivity contribution in [3.8, 4) is 28.2 Å². The van der Waals surface area contributed by atoms with Crippen molar-refractivity contribution in [1.29, 1.82) is 0 Å². The van der Waals surface area contributed by atoms with Gasteiger partial charge in [0.05, 0.1) is 12.4 Å². The first-order valence-electron chi connectivity index (χ1n) is 12.5. The van der Waals surface area contributed by atoms with Gasteiger partial charge in [0.1, 0.15) is 28.5 Å². The van der Waals surface area contributed by atoms with E-state index in [1.54, 1.807) is 0 Å². The second kappa shape index (κ2) is 8.38. The normalized spacial score (nSPS) is 11.7. The Morgan fingerprint density at radius 3 is 2.37 bits per heavy atom. The first-order valence-corrected chi connectivity index (χ1v) is 12.5. The molecule has 0 radical (unpaired) electrons. The molecule has 3 nitrogen and oxygen atoms in total. The van der Waals surface area contributed by atoms with Gasteiger partial charge in [0.25, 0.3) is 5.82 Å². The lowest BCUT2D eigenvalue weighted by Crippen LogP contribution is -2.30. The number of benzene rings is 5. The molecule has 0 N–H and O–H groups in total. The largest absolute Gasteiger partial charge is 0.455 e. The fourth-order valence-electron chi connectivity index (χ4n) is 5.63. The predicted octanol–water partition coefficient (Wildman–Crippen LogP) is 8.28. The average Bonchev–Trinajstić information content (AvgIpc) is 3.44. The minimum absolute atomic E-state index is 0.194. The highest BCUT2D eigenvalue weighted by atomic mass is 19.1. The van der Waals surface area contributed by atoms with Gasteiger partial charge in [0.15, 0.2) is 16.6 Å². The Morgan fingerprint density at radius 1 is 0.789 bits per heavy atom. The Balaban J connectivity index is 1.65. The van der Waals surface area contributed by atoms with E-state index < -0.39 is 11.6 Å². The molecule has 0 saturated heterocycles. The number of rotatable bonds is 3. The molecule has 7 aromatic rings. The molecule has 0 aliphatic heterocycles. The summed E-state index contributed by atoms with van der Waals surface area (Å²) in [5, 5.41) is 0.906. The Hall–Kier alpha value is -4.77. The quantitative estimate of drug-likeness (QED) is 0.223. The number of hydrogen-bond donors (Lipinski definition) is 0. The number of aryl methyl sites for hydroxylation is 2. The van der Waals surface area contributed by atoms with Crippen LogP contribution >= 0.6 is 0 Å². The minimum Gasteiger partial charge on any atom is -0.455 e. The number of furan rings is 1. The number of halogens is 2. The maximum atomic E-state index is 15.0. The van der Waals surface area contributed by atoms with Gasteiger partial charge >= 0.3 is 0 Å². The van der Waals surface area contributed by atoms with Gasteiger partial charge < -0.3 is 4.42 Å². The van der Waals surface area contributed by atoms with Gasteiger partial charge in [0, 0.05) is 23.1 Å².